The molecule has 0 saturated heterocycles. The van der Waals surface area contributed by atoms with Gasteiger partial charge in [0.25, 0.3) is 0 Å². The minimum absolute atomic E-state index is 0.285. The van der Waals surface area contributed by atoms with Crippen molar-refractivity contribution in [3.05, 3.63) is 42.0 Å². The van der Waals surface area contributed by atoms with E-state index in [1.807, 2.05) is 32.3 Å². The number of aromatic nitrogens is 2. The van der Waals surface area contributed by atoms with E-state index in [0.717, 1.165) is 23.9 Å². The van der Waals surface area contributed by atoms with Crippen molar-refractivity contribution in [2.45, 2.75) is 19.5 Å². The molecule has 2 heterocycles. The van der Waals surface area contributed by atoms with Crippen molar-refractivity contribution in [3.8, 4) is 11.5 Å². The fraction of sp³-hybridized carbons (Fsp3) is 0.400. The molecule has 0 aliphatic carbocycles. The Bertz CT molecular complexity index is 595. The van der Waals surface area contributed by atoms with Gasteiger partial charge >= 0.3 is 0 Å². The SMILES string of the molecule is CNC1COc2cc(OCCn3ccnc3C)ccc21. The van der Waals surface area contributed by atoms with Gasteiger partial charge < -0.3 is 19.4 Å². The van der Waals surface area contributed by atoms with Crippen LogP contribution >= 0.6 is 0 Å². The summed E-state index contributed by atoms with van der Waals surface area (Å²) in [6.45, 7) is 4.08. The first-order valence-corrected chi connectivity index (χ1v) is 6.82. The van der Waals surface area contributed by atoms with Crippen molar-refractivity contribution < 1.29 is 9.47 Å². The Hall–Kier alpha value is -2.01. The summed E-state index contributed by atoms with van der Waals surface area (Å²) in [6, 6.07) is 6.32. The number of fused-ring (bicyclic) bond motifs is 1. The van der Waals surface area contributed by atoms with Gasteiger partial charge in [0.1, 0.15) is 30.5 Å². The largest absolute Gasteiger partial charge is 0.492 e. The molecule has 106 valence electrons. The number of aryl methyl sites for hydroxylation is 1. The van der Waals surface area contributed by atoms with Crippen LogP contribution in [0.1, 0.15) is 17.4 Å². The van der Waals surface area contributed by atoms with Crippen LogP contribution in [0.4, 0.5) is 0 Å². The van der Waals surface area contributed by atoms with E-state index in [9.17, 15) is 0 Å². The normalized spacial score (nSPS) is 16.8. The lowest BCUT2D eigenvalue weighted by Crippen LogP contribution is -2.17. The molecule has 1 atom stereocenters. The molecule has 5 heteroatoms. The summed E-state index contributed by atoms with van der Waals surface area (Å²) in [6.07, 6.45) is 3.76. The molecule has 0 bridgehead atoms. The lowest BCUT2D eigenvalue weighted by molar-refractivity contribution is 0.292. The van der Waals surface area contributed by atoms with Gasteiger partial charge in [0.05, 0.1) is 12.6 Å². The van der Waals surface area contributed by atoms with Crippen LogP contribution in [-0.4, -0.2) is 29.8 Å². The first-order chi connectivity index (χ1) is 9.78. The fourth-order valence-corrected chi connectivity index (χ4v) is 2.42. The molecule has 20 heavy (non-hydrogen) atoms. The van der Waals surface area contributed by atoms with Crippen molar-refractivity contribution in [3.63, 3.8) is 0 Å². The smallest absolute Gasteiger partial charge is 0.127 e. The van der Waals surface area contributed by atoms with Crippen LogP contribution in [-0.2, 0) is 6.54 Å². The average molecular weight is 273 g/mol. The Morgan fingerprint density at radius 3 is 3.15 bits per heavy atom. The van der Waals surface area contributed by atoms with E-state index in [-0.39, 0.29) is 6.04 Å². The monoisotopic (exact) mass is 273 g/mol. The van der Waals surface area contributed by atoms with E-state index in [1.165, 1.54) is 5.56 Å². The Morgan fingerprint density at radius 1 is 1.50 bits per heavy atom. The molecule has 0 spiro atoms. The molecule has 2 aromatic rings. The Morgan fingerprint density at radius 2 is 2.40 bits per heavy atom. The number of rotatable bonds is 5. The van der Waals surface area contributed by atoms with E-state index in [2.05, 4.69) is 20.9 Å². The van der Waals surface area contributed by atoms with Gasteiger partial charge in [0, 0.05) is 24.0 Å². The molecule has 0 radical (unpaired) electrons. The maximum absolute atomic E-state index is 5.78. The van der Waals surface area contributed by atoms with E-state index in [1.54, 1.807) is 6.20 Å². The predicted molar refractivity (Wildman–Crippen MR) is 76.2 cm³/mol. The molecular formula is C15H19N3O2. The van der Waals surface area contributed by atoms with Crippen molar-refractivity contribution >= 4 is 0 Å². The fourth-order valence-electron chi connectivity index (χ4n) is 2.42. The van der Waals surface area contributed by atoms with Gasteiger partial charge in [-0.25, -0.2) is 4.98 Å². The third kappa shape index (κ3) is 2.49. The minimum atomic E-state index is 0.285. The van der Waals surface area contributed by atoms with Crippen molar-refractivity contribution in [2.24, 2.45) is 0 Å². The van der Waals surface area contributed by atoms with E-state index in [4.69, 9.17) is 9.47 Å². The maximum atomic E-state index is 5.78. The third-order valence-corrected chi connectivity index (χ3v) is 3.64. The van der Waals surface area contributed by atoms with Crippen LogP contribution in [0.2, 0.25) is 0 Å². The molecule has 1 N–H and O–H groups in total. The molecule has 1 aromatic heterocycles. The van der Waals surface area contributed by atoms with E-state index in [0.29, 0.717) is 13.2 Å². The highest BCUT2D eigenvalue weighted by atomic mass is 16.5. The number of likely N-dealkylation sites (N-methyl/N-ethyl adjacent to an activating group) is 1. The van der Waals surface area contributed by atoms with Crippen LogP contribution in [0.15, 0.2) is 30.6 Å². The van der Waals surface area contributed by atoms with E-state index < -0.39 is 0 Å². The first-order valence-electron chi connectivity index (χ1n) is 6.82. The van der Waals surface area contributed by atoms with Gasteiger partial charge in [-0.05, 0) is 26.1 Å². The second-order valence-corrected chi connectivity index (χ2v) is 4.87. The van der Waals surface area contributed by atoms with Crippen LogP contribution in [0.5, 0.6) is 11.5 Å². The molecule has 5 nitrogen and oxygen atoms in total. The first kappa shape index (κ1) is 13.0. The zero-order valence-electron chi connectivity index (χ0n) is 11.8. The Labute approximate surface area is 118 Å². The molecule has 1 aliphatic heterocycles. The number of nitrogens with zero attached hydrogens (tertiary/aromatic N) is 2. The van der Waals surface area contributed by atoms with Gasteiger partial charge in [-0.3, -0.25) is 0 Å². The van der Waals surface area contributed by atoms with Gasteiger partial charge in [-0.2, -0.15) is 0 Å². The van der Waals surface area contributed by atoms with Crippen LogP contribution in [0.3, 0.4) is 0 Å². The van der Waals surface area contributed by atoms with E-state index >= 15 is 0 Å². The number of nitrogens with one attached hydrogen (secondary N) is 1. The van der Waals surface area contributed by atoms with Gasteiger partial charge in [-0.15, -0.1) is 0 Å². The lowest BCUT2D eigenvalue weighted by Gasteiger charge is -2.10. The summed E-state index contributed by atoms with van der Waals surface area (Å²) >= 11 is 0. The lowest BCUT2D eigenvalue weighted by atomic mass is 10.1. The molecule has 1 unspecified atom stereocenters. The summed E-state index contributed by atoms with van der Waals surface area (Å²) in [7, 11) is 1.95. The number of ether oxygens (including phenoxy) is 2. The summed E-state index contributed by atoms with van der Waals surface area (Å²) in [5, 5.41) is 3.23. The quantitative estimate of drug-likeness (QED) is 0.904. The maximum Gasteiger partial charge on any atom is 0.127 e. The van der Waals surface area contributed by atoms with Gasteiger partial charge in [0.2, 0.25) is 0 Å². The minimum Gasteiger partial charge on any atom is -0.492 e. The number of hydrogen-bond donors (Lipinski definition) is 1. The van der Waals surface area contributed by atoms with Crippen LogP contribution in [0.25, 0.3) is 0 Å². The molecule has 0 saturated carbocycles. The number of hydrogen-bond acceptors (Lipinski definition) is 4. The summed E-state index contributed by atoms with van der Waals surface area (Å²) in [4.78, 5) is 4.19. The third-order valence-electron chi connectivity index (χ3n) is 3.64. The average Bonchev–Trinajstić information content (AvgIpc) is 3.05. The predicted octanol–water partition coefficient (Wildman–Crippen LogP) is 1.92. The summed E-state index contributed by atoms with van der Waals surface area (Å²) in [5.74, 6) is 2.77. The van der Waals surface area contributed by atoms with Crippen molar-refractivity contribution in [2.75, 3.05) is 20.3 Å². The summed E-state index contributed by atoms with van der Waals surface area (Å²) < 4.78 is 13.5. The molecular weight excluding hydrogens is 254 g/mol. The molecule has 0 fully saturated rings. The van der Waals surface area contributed by atoms with Crippen molar-refractivity contribution in [1.82, 2.24) is 14.9 Å². The second kappa shape index (κ2) is 5.54. The Kier molecular flexibility index (Phi) is 3.60. The highest BCUT2D eigenvalue weighted by molar-refractivity contribution is 5.44. The zero-order valence-corrected chi connectivity index (χ0v) is 11.8. The number of imidazole rings is 1. The number of benzene rings is 1. The van der Waals surface area contributed by atoms with Crippen LogP contribution < -0.4 is 14.8 Å². The Balaban J connectivity index is 1.60. The highest BCUT2D eigenvalue weighted by Crippen LogP contribution is 2.34. The topological polar surface area (TPSA) is 48.3 Å². The van der Waals surface area contributed by atoms with Crippen LogP contribution in [0, 0.1) is 6.92 Å². The van der Waals surface area contributed by atoms with Gasteiger partial charge in [0.15, 0.2) is 0 Å². The molecule has 3 rings (SSSR count). The molecule has 1 aromatic carbocycles. The molecule has 0 amide bonds. The molecule has 1 aliphatic rings. The standard InChI is InChI=1S/C15H19N3O2/c1-11-17-5-6-18(11)7-8-19-12-3-4-13-14(16-2)10-20-15(13)9-12/h3-6,9,14,16H,7-8,10H2,1-2H3. The zero-order chi connectivity index (χ0) is 13.9. The van der Waals surface area contributed by atoms with Gasteiger partial charge in [-0.1, -0.05) is 0 Å². The second-order valence-electron chi connectivity index (χ2n) is 4.87. The highest BCUT2D eigenvalue weighted by Gasteiger charge is 2.22. The summed E-state index contributed by atoms with van der Waals surface area (Å²) in [5.41, 5.74) is 1.20. The van der Waals surface area contributed by atoms with Crippen molar-refractivity contribution in [1.29, 1.82) is 0 Å².